The maximum absolute atomic E-state index is 12.2. The second-order valence-electron chi connectivity index (χ2n) is 6.36. The molecule has 3 rings (SSSR count). The smallest absolute Gasteiger partial charge is 0.321 e. The van der Waals surface area contributed by atoms with Gasteiger partial charge in [0.1, 0.15) is 5.82 Å². The Balaban J connectivity index is 1.64. The lowest BCUT2D eigenvalue weighted by Crippen LogP contribution is -2.32. The van der Waals surface area contributed by atoms with Crippen LogP contribution in [0, 0.1) is 0 Å². The minimum Gasteiger partial charge on any atom is -0.370 e. The van der Waals surface area contributed by atoms with Crippen LogP contribution in [0.5, 0.6) is 0 Å². The van der Waals surface area contributed by atoms with E-state index in [2.05, 4.69) is 41.8 Å². The number of hydrogen-bond acceptors (Lipinski definition) is 6. The Hall–Kier alpha value is -2.88. The monoisotopic (exact) mass is 447 g/mol. The number of rotatable bonds is 7. The Kier molecular flexibility index (Phi) is 6.64. The third-order valence-electron chi connectivity index (χ3n) is 4.17. The van der Waals surface area contributed by atoms with Crippen LogP contribution in [0.15, 0.2) is 34.9 Å². The molecule has 28 heavy (non-hydrogen) atoms. The molecule has 0 unspecified atom stereocenters. The molecule has 1 fully saturated rings. The van der Waals surface area contributed by atoms with E-state index < -0.39 is 0 Å². The van der Waals surface area contributed by atoms with Gasteiger partial charge in [-0.2, -0.15) is 4.98 Å². The molecule has 5 N–H and O–H groups in total. The van der Waals surface area contributed by atoms with Gasteiger partial charge >= 0.3 is 6.03 Å². The van der Waals surface area contributed by atoms with Crippen LogP contribution in [0.3, 0.4) is 0 Å². The molecule has 9 nitrogen and oxygen atoms in total. The lowest BCUT2D eigenvalue weighted by Gasteiger charge is -2.16. The van der Waals surface area contributed by atoms with Crippen molar-refractivity contribution in [3.05, 3.63) is 34.9 Å². The number of carbonyl (C=O) groups is 2. The van der Waals surface area contributed by atoms with Gasteiger partial charge in [-0.3, -0.25) is 4.79 Å². The second kappa shape index (κ2) is 9.36. The van der Waals surface area contributed by atoms with Crippen molar-refractivity contribution >= 4 is 51.0 Å². The highest BCUT2D eigenvalue weighted by atomic mass is 79.9. The summed E-state index contributed by atoms with van der Waals surface area (Å²) < 4.78 is 0.675. The Labute approximate surface area is 171 Å². The molecule has 2 heterocycles. The summed E-state index contributed by atoms with van der Waals surface area (Å²) in [6.45, 7) is 1.96. The molecular weight excluding hydrogens is 426 g/mol. The Bertz CT molecular complexity index is 856. The number of carbonyl (C=O) groups excluding carboxylic acids is 2. The summed E-state index contributed by atoms with van der Waals surface area (Å²) in [4.78, 5) is 33.5. The number of likely N-dealkylation sites (tertiary alicyclic amines) is 1. The fourth-order valence-electron chi connectivity index (χ4n) is 2.78. The molecule has 0 radical (unpaired) electrons. The fraction of sp³-hybridized carbons (Fsp3) is 0.333. The van der Waals surface area contributed by atoms with Crippen LogP contribution < -0.4 is 21.7 Å². The van der Waals surface area contributed by atoms with Crippen LogP contribution in [0.25, 0.3) is 0 Å². The third kappa shape index (κ3) is 5.56. The minimum atomic E-state index is -0.385. The number of anilines is 4. The Morgan fingerprint density at radius 2 is 1.96 bits per heavy atom. The van der Waals surface area contributed by atoms with E-state index in [1.807, 2.05) is 29.2 Å². The molecule has 10 heteroatoms. The average molecular weight is 448 g/mol. The first-order valence-electron chi connectivity index (χ1n) is 8.99. The number of primary amides is 1. The Morgan fingerprint density at radius 3 is 2.71 bits per heavy atom. The van der Waals surface area contributed by atoms with E-state index in [4.69, 9.17) is 5.73 Å². The maximum atomic E-state index is 12.2. The molecule has 1 saturated heterocycles. The molecule has 0 atom stereocenters. The largest absolute Gasteiger partial charge is 0.370 e. The number of amides is 3. The van der Waals surface area contributed by atoms with Gasteiger partial charge < -0.3 is 26.6 Å². The first kappa shape index (κ1) is 19.9. The summed E-state index contributed by atoms with van der Waals surface area (Å²) in [6, 6.07) is 7.26. The second-order valence-corrected chi connectivity index (χ2v) is 7.22. The highest BCUT2D eigenvalue weighted by Gasteiger charge is 2.17. The number of nitrogens with two attached hydrogens (primary N) is 1. The highest BCUT2D eigenvalue weighted by Crippen LogP contribution is 2.23. The standard InChI is InChI=1S/C18H22BrN7O2/c19-14-11-22-17(25-16(14)21-7-6-15(20)27)23-12-4-3-5-13(10-12)24-18(28)26-8-1-2-9-26/h3-5,10-11H,1-2,6-9H2,(H2,20,27)(H,24,28)(H2,21,22,23,25). The van der Waals surface area contributed by atoms with E-state index in [1.54, 1.807) is 6.20 Å². The fourth-order valence-corrected chi connectivity index (χ4v) is 3.11. The Morgan fingerprint density at radius 1 is 1.21 bits per heavy atom. The summed E-state index contributed by atoms with van der Waals surface area (Å²) in [5.41, 5.74) is 6.58. The molecule has 3 amide bonds. The van der Waals surface area contributed by atoms with Crippen molar-refractivity contribution in [1.82, 2.24) is 14.9 Å². The molecule has 2 aromatic rings. The lowest BCUT2D eigenvalue weighted by atomic mass is 10.3. The molecule has 1 aliphatic rings. The van der Waals surface area contributed by atoms with E-state index in [9.17, 15) is 9.59 Å². The van der Waals surface area contributed by atoms with Crippen LogP contribution in [0.1, 0.15) is 19.3 Å². The molecule has 148 valence electrons. The summed E-state index contributed by atoms with van der Waals surface area (Å²) in [7, 11) is 0. The topological polar surface area (TPSA) is 125 Å². The predicted octanol–water partition coefficient (Wildman–Crippen LogP) is 2.90. The van der Waals surface area contributed by atoms with E-state index >= 15 is 0 Å². The van der Waals surface area contributed by atoms with Gasteiger partial charge in [0.05, 0.1) is 4.47 Å². The number of nitrogens with one attached hydrogen (secondary N) is 3. The molecule has 0 bridgehead atoms. The van der Waals surface area contributed by atoms with E-state index in [-0.39, 0.29) is 18.4 Å². The normalized spacial score (nSPS) is 13.2. The van der Waals surface area contributed by atoms with Gasteiger partial charge in [0.2, 0.25) is 11.9 Å². The van der Waals surface area contributed by atoms with Gasteiger partial charge in [-0.15, -0.1) is 0 Å². The van der Waals surface area contributed by atoms with Crippen LogP contribution in [0.4, 0.5) is 27.9 Å². The van der Waals surface area contributed by atoms with Crippen LogP contribution >= 0.6 is 15.9 Å². The van der Waals surface area contributed by atoms with Gasteiger partial charge in [0.15, 0.2) is 0 Å². The van der Waals surface area contributed by atoms with Crippen molar-refractivity contribution in [2.45, 2.75) is 19.3 Å². The van der Waals surface area contributed by atoms with Gasteiger partial charge in [-0.05, 0) is 47.0 Å². The quantitative estimate of drug-likeness (QED) is 0.516. The zero-order valence-corrected chi connectivity index (χ0v) is 16.8. The van der Waals surface area contributed by atoms with Crippen LogP contribution in [-0.4, -0.2) is 46.4 Å². The summed E-state index contributed by atoms with van der Waals surface area (Å²) in [5.74, 6) is 0.550. The summed E-state index contributed by atoms with van der Waals surface area (Å²) in [5, 5.41) is 9.06. The summed E-state index contributed by atoms with van der Waals surface area (Å²) >= 11 is 3.37. The van der Waals surface area contributed by atoms with Gasteiger partial charge in [-0.25, -0.2) is 9.78 Å². The van der Waals surface area contributed by atoms with E-state index in [1.165, 1.54) is 0 Å². The SMILES string of the molecule is NC(=O)CCNc1nc(Nc2cccc(NC(=O)N3CCCC3)c2)ncc1Br. The maximum Gasteiger partial charge on any atom is 0.321 e. The first-order valence-corrected chi connectivity index (χ1v) is 9.78. The number of benzene rings is 1. The van der Waals surface area contributed by atoms with Crippen molar-refractivity contribution in [2.75, 3.05) is 35.6 Å². The van der Waals surface area contributed by atoms with Crippen molar-refractivity contribution < 1.29 is 9.59 Å². The molecule has 0 saturated carbocycles. The lowest BCUT2D eigenvalue weighted by molar-refractivity contribution is -0.117. The summed E-state index contributed by atoms with van der Waals surface area (Å²) in [6.07, 6.45) is 3.91. The van der Waals surface area contributed by atoms with E-state index in [0.717, 1.165) is 31.6 Å². The first-order chi connectivity index (χ1) is 13.5. The minimum absolute atomic E-state index is 0.0875. The number of urea groups is 1. The number of halogens is 1. The van der Waals surface area contributed by atoms with Crippen molar-refractivity contribution in [2.24, 2.45) is 5.73 Å². The third-order valence-corrected chi connectivity index (χ3v) is 4.75. The number of aromatic nitrogens is 2. The van der Waals surface area contributed by atoms with Crippen molar-refractivity contribution in [3.8, 4) is 0 Å². The number of hydrogen-bond donors (Lipinski definition) is 4. The highest BCUT2D eigenvalue weighted by molar-refractivity contribution is 9.10. The molecule has 0 spiro atoms. The molecule has 1 aliphatic heterocycles. The van der Waals surface area contributed by atoms with Crippen LogP contribution in [0.2, 0.25) is 0 Å². The van der Waals surface area contributed by atoms with Crippen molar-refractivity contribution in [1.29, 1.82) is 0 Å². The van der Waals surface area contributed by atoms with Gasteiger partial charge in [0.25, 0.3) is 0 Å². The number of nitrogens with zero attached hydrogens (tertiary/aromatic N) is 3. The van der Waals surface area contributed by atoms with Gasteiger partial charge in [0, 0.05) is 43.6 Å². The zero-order chi connectivity index (χ0) is 19.9. The predicted molar refractivity (Wildman–Crippen MR) is 112 cm³/mol. The van der Waals surface area contributed by atoms with E-state index in [0.29, 0.717) is 28.5 Å². The molecule has 0 aliphatic carbocycles. The molecule has 1 aromatic carbocycles. The average Bonchev–Trinajstić information content (AvgIpc) is 3.19. The zero-order valence-electron chi connectivity index (χ0n) is 15.2. The van der Waals surface area contributed by atoms with Crippen molar-refractivity contribution in [3.63, 3.8) is 0 Å². The van der Waals surface area contributed by atoms with Gasteiger partial charge in [-0.1, -0.05) is 6.07 Å². The molecule has 1 aromatic heterocycles. The molecular formula is C18H22BrN7O2. The van der Waals surface area contributed by atoms with Crippen LogP contribution in [-0.2, 0) is 4.79 Å².